The molecule has 0 aliphatic carbocycles. The van der Waals surface area contributed by atoms with Crippen LogP contribution in [0, 0.1) is 10.1 Å². The van der Waals surface area contributed by atoms with Gasteiger partial charge in [-0.05, 0) is 30.3 Å². The van der Waals surface area contributed by atoms with Crippen molar-refractivity contribution in [3.63, 3.8) is 0 Å². The van der Waals surface area contributed by atoms with Gasteiger partial charge in [-0.25, -0.2) is 14.6 Å². The molecule has 0 unspecified atom stereocenters. The molecule has 0 amide bonds. The standard InChI is InChI=1S/C23H17N5O7/c1-33-22(29)14-9-15(23(30)34-2)11-16(10-14)27-20-19(28(31)32)21(26-12-25-20)35-17-7-3-5-13-6-4-8-24-18(13)17/h3-12H,1-2H3,(H,25,26,27). The van der Waals surface area contributed by atoms with Gasteiger partial charge in [-0.1, -0.05) is 18.2 Å². The fraction of sp³-hybridized carbons (Fsp3) is 0.0870. The quantitative estimate of drug-likeness (QED) is 0.234. The number of esters is 2. The second-order valence-electron chi connectivity index (χ2n) is 6.97. The van der Waals surface area contributed by atoms with Crippen molar-refractivity contribution in [3.05, 3.63) is 82.3 Å². The summed E-state index contributed by atoms with van der Waals surface area (Å²) in [4.78, 5) is 47.5. The summed E-state index contributed by atoms with van der Waals surface area (Å²) in [5.41, 5.74) is 0.114. The summed E-state index contributed by atoms with van der Waals surface area (Å²) in [5.74, 6) is -1.74. The van der Waals surface area contributed by atoms with Crippen molar-refractivity contribution < 1.29 is 28.7 Å². The highest BCUT2D eigenvalue weighted by molar-refractivity contribution is 5.97. The summed E-state index contributed by atoms with van der Waals surface area (Å²) < 4.78 is 15.2. The molecule has 4 rings (SSSR count). The van der Waals surface area contributed by atoms with Crippen LogP contribution in [0.5, 0.6) is 11.6 Å². The average Bonchev–Trinajstić information content (AvgIpc) is 2.87. The molecule has 2 heterocycles. The predicted molar refractivity (Wildman–Crippen MR) is 123 cm³/mol. The molecule has 0 aliphatic rings. The van der Waals surface area contributed by atoms with Crippen molar-refractivity contribution in [2.24, 2.45) is 0 Å². The summed E-state index contributed by atoms with van der Waals surface area (Å²) >= 11 is 0. The van der Waals surface area contributed by atoms with Crippen molar-refractivity contribution >= 4 is 40.0 Å². The van der Waals surface area contributed by atoms with Crippen LogP contribution in [0.2, 0.25) is 0 Å². The van der Waals surface area contributed by atoms with Crippen molar-refractivity contribution in [2.75, 3.05) is 19.5 Å². The van der Waals surface area contributed by atoms with Crippen LogP contribution in [0.3, 0.4) is 0 Å². The van der Waals surface area contributed by atoms with E-state index in [-0.39, 0.29) is 34.3 Å². The largest absolute Gasteiger partial charge is 0.465 e. The molecule has 12 heteroatoms. The Morgan fingerprint density at radius 2 is 1.63 bits per heavy atom. The van der Waals surface area contributed by atoms with Crippen molar-refractivity contribution in [1.82, 2.24) is 15.0 Å². The first-order chi connectivity index (χ1) is 16.9. The Labute approximate surface area is 197 Å². The Kier molecular flexibility index (Phi) is 6.44. The van der Waals surface area contributed by atoms with Crippen molar-refractivity contribution in [1.29, 1.82) is 0 Å². The van der Waals surface area contributed by atoms with E-state index >= 15 is 0 Å². The summed E-state index contributed by atoms with van der Waals surface area (Å²) in [7, 11) is 2.36. The van der Waals surface area contributed by atoms with Crippen LogP contribution in [0.4, 0.5) is 17.2 Å². The second-order valence-corrected chi connectivity index (χ2v) is 6.97. The highest BCUT2D eigenvalue weighted by Gasteiger charge is 2.26. The molecule has 0 spiro atoms. The first kappa shape index (κ1) is 23.0. The number of rotatable bonds is 7. The van der Waals surface area contributed by atoms with Gasteiger partial charge in [0.15, 0.2) is 5.75 Å². The Morgan fingerprint density at radius 1 is 0.943 bits per heavy atom. The van der Waals surface area contributed by atoms with Gasteiger partial charge in [0, 0.05) is 17.3 Å². The molecule has 0 atom stereocenters. The van der Waals surface area contributed by atoms with Gasteiger partial charge in [0.1, 0.15) is 11.8 Å². The third kappa shape index (κ3) is 4.80. The molecule has 35 heavy (non-hydrogen) atoms. The van der Waals surface area contributed by atoms with Crippen LogP contribution >= 0.6 is 0 Å². The number of nitro groups is 1. The number of hydrogen-bond donors (Lipinski definition) is 1. The van der Waals surface area contributed by atoms with E-state index in [1.165, 1.54) is 32.4 Å². The topological polar surface area (TPSA) is 156 Å². The zero-order valence-electron chi connectivity index (χ0n) is 18.4. The Bertz CT molecular complexity index is 1420. The lowest BCUT2D eigenvalue weighted by atomic mass is 10.1. The van der Waals surface area contributed by atoms with Crippen LogP contribution < -0.4 is 10.1 Å². The molecule has 12 nitrogen and oxygen atoms in total. The lowest BCUT2D eigenvalue weighted by Crippen LogP contribution is -2.09. The van der Waals surface area contributed by atoms with Crippen LogP contribution in [-0.4, -0.2) is 46.0 Å². The van der Waals surface area contributed by atoms with Gasteiger partial charge < -0.3 is 19.5 Å². The number of anilines is 2. The number of hydrogen-bond acceptors (Lipinski definition) is 11. The first-order valence-electron chi connectivity index (χ1n) is 10.0. The smallest absolute Gasteiger partial charge is 0.373 e. The van der Waals surface area contributed by atoms with E-state index in [0.29, 0.717) is 5.52 Å². The number of ether oxygens (including phenoxy) is 3. The lowest BCUT2D eigenvalue weighted by molar-refractivity contribution is -0.385. The van der Waals surface area contributed by atoms with Gasteiger partial charge >= 0.3 is 23.5 Å². The van der Waals surface area contributed by atoms with Gasteiger partial charge in [-0.3, -0.25) is 15.1 Å². The number of aromatic nitrogens is 3. The highest BCUT2D eigenvalue weighted by atomic mass is 16.6. The third-order valence-electron chi connectivity index (χ3n) is 4.81. The van der Waals surface area contributed by atoms with Gasteiger partial charge in [0.05, 0.1) is 30.3 Å². The normalized spacial score (nSPS) is 10.5. The average molecular weight is 475 g/mol. The number of nitrogens with one attached hydrogen (secondary N) is 1. The number of carbonyl (C=O) groups is 2. The van der Waals surface area contributed by atoms with Gasteiger partial charge in [0.25, 0.3) is 0 Å². The minimum atomic E-state index is -0.719. The zero-order chi connectivity index (χ0) is 24.9. The third-order valence-corrected chi connectivity index (χ3v) is 4.81. The molecule has 0 aliphatic heterocycles. The fourth-order valence-corrected chi connectivity index (χ4v) is 3.26. The maximum absolute atomic E-state index is 12.1. The van der Waals surface area contributed by atoms with E-state index in [0.717, 1.165) is 11.7 Å². The van der Waals surface area contributed by atoms with E-state index in [1.807, 2.05) is 12.1 Å². The molecular weight excluding hydrogens is 458 g/mol. The molecule has 2 aromatic heterocycles. The van der Waals surface area contributed by atoms with Gasteiger partial charge in [-0.2, -0.15) is 4.98 Å². The van der Waals surface area contributed by atoms with Crippen molar-refractivity contribution in [2.45, 2.75) is 0 Å². The van der Waals surface area contributed by atoms with E-state index in [2.05, 4.69) is 20.3 Å². The number of para-hydroxylation sites is 1. The Balaban J connectivity index is 1.77. The van der Waals surface area contributed by atoms with Gasteiger partial charge in [0.2, 0.25) is 5.82 Å². The number of carbonyl (C=O) groups excluding carboxylic acids is 2. The molecule has 0 saturated carbocycles. The zero-order valence-corrected chi connectivity index (χ0v) is 18.4. The Morgan fingerprint density at radius 3 is 2.29 bits per heavy atom. The second kappa shape index (κ2) is 9.79. The molecule has 0 radical (unpaired) electrons. The monoisotopic (exact) mass is 475 g/mol. The van der Waals surface area contributed by atoms with E-state index in [1.54, 1.807) is 24.4 Å². The molecule has 0 saturated heterocycles. The number of fused-ring (bicyclic) bond motifs is 1. The molecule has 0 bridgehead atoms. The van der Waals surface area contributed by atoms with Gasteiger partial charge in [-0.15, -0.1) is 0 Å². The van der Waals surface area contributed by atoms with E-state index < -0.39 is 22.5 Å². The van der Waals surface area contributed by atoms with E-state index in [9.17, 15) is 19.7 Å². The SMILES string of the molecule is COC(=O)c1cc(Nc2ncnc(Oc3cccc4cccnc34)c2[N+](=O)[O-])cc(C(=O)OC)c1. The van der Waals surface area contributed by atoms with Crippen LogP contribution in [0.25, 0.3) is 10.9 Å². The molecule has 176 valence electrons. The minimum Gasteiger partial charge on any atom is -0.465 e. The van der Waals surface area contributed by atoms with Crippen molar-refractivity contribution in [3.8, 4) is 11.6 Å². The number of pyridine rings is 1. The maximum Gasteiger partial charge on any atom is 0.373 e. The first-order valence-corrected chi connectivity index (χ1v) is 10.0. The summed E-state index contributed by atoms with van der Waals surface area (Å²) in [5, 5.41) is 15.5. The Hall–Kier alpha value is -5.13. The summed E-state index contributed by atoms with van der Waals surface area (Å²) in [6.45, 7) is 0. The molecule has 2 aromatic carbocycles. The summed E-state index contributed by atoms with van der Waals surface area (Å²) in [6.07, 6.45) is 2.65. The lowest BCUT2D eigenvalue weighted by Gasteiger charge is -2.12. The van der Waals surface area contributed by atoms with Crippen LogP contribution in [0.15, 0.2) is 61.1 Å². The number of nitrogens with zero attached hydrogens (tertiary/aromatic N) is 4. The van der Waals surface area contributed by atoms with Crippen LogP contribution in [-0.2, 0) is 9.47 Å². The fourth-order valence-electron chi connectivity index (χ4n) is 3.26. The number of methoxy groups -OCH3 is 2. The molecule has 4 aromatic rings. The van der Waals surface area contributed by atoms with E-state index in [4.69, 9.17) is 14.2 Å². The summed E-state index contributed by atoms with van der Waals surface area (Å²) in [6, 6.07) is 12.7. The highest BCUT2D eigenvalue weighted by Crippen LogP contribution is 2.37. The molecular formula is C23H17N5O7. The molecule has 0 fully saturated rings. The number of benzene rings is 2. The van der Waals surface area contributed by atoms with Crippen LogP contribution in [0.1, 0.15) is 20.7 Å². The predicted octanol–water partition coefficient (Wildman–Crippen LogP) is 4.04. The minimum absolute atomic E-state index is 0.0212. The maximum atomic E-state index is 12.1. The molecule has 1 N–H and O–H groups in total.